The van der Waals surface area contributed by atoms with Gasteiger partial charge in [0.1, 0.15) is 18.2 Å². The lowest BCUT2D eigenvalue weighted by atomic mass is 10.1. The van der Waals surface area contributed by atoms with Gasteiger partial charge in [-0.05, 0) is 77.3 Å². The third-order valence-electron chi connectivity index (χ3n) is 4.53. The molecule has 0 atom stereocenters. The molecular weight excluding hydrogens is 452 g/mol. The first-order valence-electron chi connectivity index (χ1n) is 9.83. The number of halogens is 3. The predicted molar refractivity (Wildman–Crippen MR) is 118 cm³/mol. The summed E-state index contributed by atoms with van der Waals surface area (Å²) in [7, 11) is 0. The third-order valence-corrected chi connectivity index (χ3v) is 5.12. The maximum absolute atomic E-state index is 13.9. The number of hydrogen-bond donors (Lipinski definition) is 1. The van der Waals surface area contributed by atoms with Crippen LogP contribution in [0.5, 0.6) is 11.5 Å². The van der Waals surface area contributed by atoms with E-state index in [0.29, 0.717) is 30.2 Å². The maximum Gasteiger partial charge on any atom is 0.175 e. The zero-order valence-electron chi connectivity index (χ0n) is 16.8. The van der Waals surface area contributed by atoms with Gasteiger partial charge in [0, 0.05) is 12.1 Å². The molecule has 3 aromatic rings. The molecule has 30 heavy (non-hydrogen) atoms. The molecule has 6 heteroatoms. The van der Waals surface area contributed by atoms with Gasteiger partial charge in [0.05, 0.1) is 11.1 Å². The van der Waals surface area contributed by atoms with Crippen LogP contribution in [0.15, 0.2) is 65.1 Å². The van der Waals surface area contributed by atoms with E-state index >= 15 is 0 Å². The highest BCUT2D eigenvalue weighted by atomic mass is 79.9. The van der Waals surface area contributed by atoms with E-state index in [1.165, 1.54) is 18.2 Å². The standard InChI is InChI=1S/C24H24BrF2NO2/c1-2-29-23-14-18(15-28-12-11-17-7-9-20(26)10-8-17)13-21(25)24(23)30-16-19-5-3-4-6-22(19)27/h3-10,13-14,28H,2,11-12,15-16H2,1H3. The van der Waals surface area contributed by atoms with Crippen LogP contribution in [-0.4, -0.2) is 13.2 Å². The Hall–Kier alpha value is -2.44. The van der Waals surface area contributed by atoms with E-state index in [4.69, 9.17) is 9.47 Å². The third kappa shape index (κ3) is 6.28. The van der Waals surface area contributed by atoms with Gasteiger partial charge < -0.3 is 14.8 Å². The highest BCUT2D eigenvalue weighted by molar-refractivity contribution is 9.10. The second-order valence-corrected chi connectivity index (χ2v) is 7.63. The van der Waals surface area contributed by atoms with E-state index in [9.17, 15) is 8.78 Å². The summed E-state index contributed by atoms with van der Waals surface area (Å²) in [5, 5.41) is 3.39. The van der Waals surface area contributed by atoms with Gasteiger partial charge >= 0.3 is 0 Å². The van der Waals surface area contributed by atoms with Gasteiger partial charge in [-0.3, -0.25) is 0 Å². The number of hydrogen-bond acceptors (Lipinski definition) is 3. The molecule has 158 valence electrons. The summed E-state index contributed by atoms with van der Waals surface area (Å²) >= 11 is 3.55. The van der Waals surface area contributed by atoms with Crippen molar-refractivity contribution in [2.45, 2.75) is 26.5 Å². The molecule has 3 rings (SSSR count). The van der Waals surface area contributed by atoms with Crippen LogP contribution in [0.1, 0.15) is 23.6 Å². The van der Waals surface area contributed by atoms with Crippen molar-refractivity contribution in [2.24, 2.45) is 0 Å². The fraction of sp³-hybridized carbons (Fsp3) is 0.250. The fourth-order valence-electron chi connectivity index (χ4n) is 3.01. The summed E-state index contributed by atoms with van der Waals surface area (Å²) in [4.78, 5) is 0. The zero-order valence-corrected chi connectivity index (χ0v) is 18.3. The van der Waals surface area contributed by atoms with Crippen LogP contribution in [0.25, 0.3) is 0 Å². The van der Waals surface area contributed by atoms with Crippen molar-refractivity contribution in [2.75, 3.05) is 13.2 Å². The molecule has 0 fully saturated rings. The number of benzene rings is 3. The van der Waals surface area contributed by atoms with E-state index in [1.54, 1.807) is 30.3 Å². The zero-order chi connectivity index (χ0) is 21.3. The molecular formula is C24H24BrF2NO2. The van der Waals surface area contributed by atoms with E-state index < -0.39 is 0 Å². The Morgan fingerprint density at radius 2 is 1.70 bits per heavy atom. The number of nitrogens with one attached hydrogen (secondary N) is 1. The lowest BCUT2D eigenvalue weighted by Crippen LogP contribution is -2.17. The van der Waals surface area contributed by atoms with Crippen molar-refractivity contribution in [3.63, 3.8) is 0 Å². The summed E-state index contributed by atoms with van der Waals surface area (Å²) in [6, 6.07) is 17.0. The topological polar surface area (TPSA) is 30.5 Å². The minimum atomic E-state index is -0.298. The summed E-state index contributed by atoms with van der Waals surface area (Å²) in [5.74, 6) is 0.639. The normalized spacial score (nSPS) is 10.8. The molecule has 3 aromatic carbocycles. The van der Waals surface area contributed by atoms with E-state index in [-0.39, 0.29) is 18.2 Å². The van der Waals surface area contributed by atoms with Crippen molar-refractivity contribution < 1.29 is 18.3 Å². The average molecular weight is 476 g/mol. The predicted octanol–water partition coefficient (Wildman–Crippen LogP) is 6.04. The van der Waals surface area contributed by atoms with Crippen LogP contribution < -0.4 is 14.8 Å². The van der Waals surface area contributed by atoms with Crippen LogP contribution in [0.2, 0.25) is 0 Å². The van der Waals surface area contributed by atoms with Crippen LogP contribution in [0.4, 0.5) is 8.78 Å². The summed E-state index contributed by atoms with van der Waals surface area (Å²) < 4.78 is 39.2. The van der Waals surface area contributed by atoms with Crippen LogP contribution in [0.3, 0.4) is 0 Å². The van der Waals surface area contributed by atoms with Crippen LogP contribution in [0, 0.1) is 11.6 Å². The Bertz CT molecular complexity index is 964. The van der Waals surface area contributed by atoms with Crippen LogP contribution >= 0.6 is 15.9 Å². The highest BCUT2D eigenvalue weighted by Crippen LogP contribution is 2.37. The van der Waals surface area contributed by atoms with Gasteiger partial charge in [-0.15, -0.1) is 0 Å². The molecule has 0 spiro atoms. The molecule has 0 radical (unpaired) electrons. The first kappa shape index (κ1) is 22.2. The monoisotopic (exact) mass is 475 g/mol. The second-order valence-electron chi connectivity index (χ2n) is 6.77. The van der Waals surface area contributed by atoms with Gasteiger partial charge in [0.25, 0.3) is 0 Å². The molecule has 1 N–H and O–H groups in total. The smallest absolute Gasteiger partial charge is 0.175 e. The SMILES string of the molecule is CCOc1cc(CNCCc2ccc(F)cc2)cc(Br)c1OCc1ccccc1F. The van der Waals surface area contributed by atoms with E-state index in [0.717, 1.165) is 28.6 Å². The Morgan fingerprint density at radius 1 is 0.933 bits per heavy atom. The largest absolute Gasteiger partial charge is 0.490 e. The lowest BCUT2D eigenvalue weighted by Gasteiger charge is -2.16. The summed E-state index contributed by atoms with van der Waals surface area (Å²) in [6.07, 6.45) is 0.809. The minimum Gasteiger partial charge on any atom is -0.490 e. The van der Waals surface area contributed by atoms with Gasteiger partial charge in [0.15, 0.2) is 11.5 Å². The van der Waals surface area contributed by atoms with Crippen molar-refractivity contribution in [3.05, 3.63) is 93.5 Å². The molecule has 0 aromatic heterocycles. The van der Waals surface area contributed by atoms with Crippen molar-refractivity contribution in [1.29, 1.82) is 0 Å². The Morgan fingerprint density at radius 3 is 2.43 bits per heavy atom. The second kappa shape index (κ2) is 11.1. The quantitative estimate of drug-likeness (QED) is 0.362. The Kier molecular flexibility index (Phi) is 8.22. The van der Waals surface area contributed by atoms with Gasteiger partial charge in [0.2, 0.25) is 0 Å². The molecule has 0 saturated heterocycles. The van der Waals surface area contributed by atoms with Gasteiger partial charge in [-0.2, -0.15) is 0 Å². The molecule has 0 unspecified atom stereocenters. The average Bonchev–Trinajstić information content (AvgIpc) is 2.73. The Labute approximate surface area is 184 Å². The van der Waals surface area contributed by atoms with Crippen LogP contribution in [-0.2, 0) is 19.6 Å². The number of rotatable bonds is 10. The minimum absolute atomic E-state index is 0.112. The highest BCUT2D eigenvalue weighted by Gasteiger charge is 2.13. The molecule has 0 aliphatic rings. The first-order chi connectivity index (χ1) is 14.6. The fourth-order valence-corrected chi connectivity index (χ4v) is 3.61. The molecule has 0 amide bonds. The molecule has 0 heterocycles. The van der Waals surface area contributed by atoms with Crippen molar-refractivity contribution >= 4 is 15.9 Å². The summed E-state index contributed by atoms with van der Waals surface area (Å²) in [5.41, 5.74) is 2.60. The molecule has 0 bridgehead atoms. The van der Waals surface area contributed by atoms with E-state index in [1.807, 2.05) is 19.1 Å². The van der Waals surface area contributed by atoms with Gasteiger partial charge in [-0.25, -0.2) is 8.78 Å². The molecule has 0 aliphatic carbocycles. The molecule has 0 aliphatic heterocycles. The Balaban J connectivity index is 1.61. The lowest BCUT2D eigenvalue weighted by molar-refractivity contribution is 0.264. The number of ether oxygens (including phenoxy) is 2. The summed E-state index contributed by atoms with van der Waals surface area (Å²) in [6.45, 7) is 3.92. The molecule has 3 nitrogen and oxygen atoms in total. The van der Waals surface area contributed by atoms with Crippen molar-refractivity contribution in [1.82, 2.24) is 5.32 Å². The van der Waals surface area contributed by atoms with E-state index in [2.05, 4.69) is 21.2 Å². The maximum atomic E-state index is 13.9. The van der Waals surface area contributed by atoms with Gasteiger partial charge in [-0.1, -0.05) is 30.3 Å². The van der Waals surface area contributed by atoms with Crippen molar-refractivity contribution in [3.8, 4) is 11.5 Å². The molecule has 0 saturated carbocycles. The first-order valence-corrected chi connectivity index (χ1v) is 10.6.